The molecule has 0 bridgehead atoms. The molecule has 0 aromatic heterocycles. The normalized spacial score (nSPS) is 16.9. The van der Waals surface area contributed by atoms with E-state index < -0.39 is 0 Å². The highest BCUT2D eigenvalue weighted by atomic mass is 16.1. The van der Waals surface area contributed by atoms with E-state index >= 15 is 0 Å². The second-order valence-electron chi connectivity index (χ2n) is 4.20. The first-order valence-electron chi connectivity index (χ1n) is 5.03. The summed E-state index contributed by atoms with van der Waals surface area (Å²) in [6.45, 7) is 2.05. The maximum Gasteiger partial charge on any atom is 0.253 e. The zero-order valence-electron chi connectivity index (χ0n) is 8.71. The van der Waals surface area contributed by atoms with E-state index in [4.69, 9.17) is 5.84 Å². The summed E-state index contributed by atoms with van der Waals surface area (Å²) in [4.78, 5) is 11.9. The number of amides is 1. The summed E-state index contributed by atoms with van der Waals surface area (Å²) in [6.07, 6.45) is 2.11. The third kappa shape index (κ3) is 2.10. The van der Waals surface area contributed by atoms with Gasteiger partial charge in [0.05, 0.1) is 11.3 Å². The number of nitrogens with two attached hydrogens (primary N) is 1. The zero-order valence-corrected chi connectivity index (χ0v) is 8.71. The molecule has 4 nitrogen and oxygen atoms in total. The first kappa shape index (κ1) is 9.98. The fourth-order valence-electron chi connectivity index (χ4n) is 1.46. The van der Waals surface area contributed by atoms with Crippen molar-refractivity contribution in [3.05, 3.63) is 29.8 Å². The lowest BCUT2D eigenvalue weighted by molar-refractivity contribution is 0.0936. The van der Waals surface area contributed by atoms with E-state index in [1.807, 2.05) is 19.1 Å². The van der Waals surface area contributed by atoms with Crippen LogP contribution < -0.4 is 16.6 Å². The van der Waals surface area contributed by atoms with Gasteiger partial charge in [0.25, 0.3) is 5.91 Å². The van der Waals surface area contributed by atoms with Crippen LogP contribution in [0.15, 0.2) is 24.3 Å². The van der Waals surface area contributed by atoms with Crippen molar-refractivity contribution < 1.29 is 4.79 Å². The fraction of sp³-hybridized carbons (Fsp3) is 0.364. The molecule has 1 fully saturated rings. The largest absolute Gasteiger partial charge is 0.347 e. The molecule has 1 aromatic rings. The highest BCUT2D eigenvalue weighted by Crippen LogP contribution is 2.34. The summed E-state index contributed by atoms with van der Waals surface area (Å²) in [5.74, 6) is 5.27. The summed E-state index contributed by atoms with van der Waals surface area (Å²) < 4.78 is 0. The number of carbonyl (C=O) groups excluding carboxylic acids is 1. The molecule has 0 saturated heterocycles. The van der Waals surface area contributed by atoms with E-state index in [0.717, 1.165) is 12.8 Å². The standard InChI is InChI=1S/C11H15N3O/c1-11(6-7-11)13-10(15)8-4-2-3-5-9(8)14-12/h2-5,14H,6-7,12H2,1H3,(H,13,15). The van der Waals surface area contributed by atoms with Crippen molar-refractivity contribution in [3.63, 3.8) is 0 Å². The minimum Gasteiger partial charge on any atom is -0.347 e. The number of rotatable bonds is 3. The number of nitrogen functional groups attached to an aromatic ring is 1. The number of nitrogens with one attached hydrogen (secondary N) is 2. The predicted molar refractivity (Wildman–Crippen MR) is 59.4 cm³/mol. The maximum atomic E-state index is 11.9. The van der Waals surface area contributed by atoms with E-state index in [9.17, 15) is 4.79 Å². The molecule has 0 unspecified atom stereocenters. The fourth-order valence-corrected chi connectivity index (χ4v) is 1.46. The molecule has 4 N–H and O–H groups in total. The van der Waals surface area contributed by atoms with Crippen LogP contribution in [0, 0.1) is 0 Å². The van der Waals surface area contributed by atoms with Crippen LogP contribution in [0.2, 0.25) is 0 Å². The molecule has 1 amide bonds. The number of carbonyl (C=O) groups is 1. The summed E-state index contributed by atoms with van der Waals surface area (Å²) in [7, 11) is 0. The average Bonchev–Trinajstić information content (AvgIpc) is 2.96. The van der Waals surface area contributed by atoms with Crippen LogP contribution in [0.5, 0.6) is 0 Å². The van der Waals surface area contributed by atoms with Crippen LogP contribution in [0.3, 0.4) is 0 Å². The number of anilines is 1. The minimum absolute atomic E-state index is 0.00120. The molecule has 0 radical (unpaired) electrons. The Hall–Kier alpha value is -1.55. The Labute approximate surface area is 88.8 Å². The predicted octanol–water partition coefficient (Wildman–Crippen LogP) is 1.25. The minimum atomic E-state index is -0.0662. The van der Waals surface area contributed by atoms with Crippen molar-refractivity contribution in [3.8, 4) is 0 Å². The van der Waals surface area contributed by atoms with Crippen molar-refractivity contribution in [2.24, 2.45) is 5.84 Å². The summed E-state index contributed by atoms with van der Waals surface area (Å²) in [5, 5.41) is 2.99. The number of hydrogen-bond acceptors (Lipinski definition) is 3. The molecule has 15 heavy (non-hydrogen) atoms. The van der Waals surface area contributed by atoms with Gasteiger partial charge in [-0.3, -0.25) is 10.6 Å². The number of hydrogen-bond donors (Lipinski definition) is 3. The number of benzene rings is 1. The van der Waals surface area contributed by atoms with E-state index in [-0.39, 0.29) is 11.4 Å². The van der Waals surface area contributed by atoms with E-state index in [1.165, 1.54) is 0 Å². The molecule has 2 rings (SSSR count). The molecule has 4 heteroatoms. The highest BCUT2D eigenvalue weighted by molar-refractivity contribution is 6.00. The Morgan fingerprint density at radius 2 is 2.07 bits per heavy atom. The average molecular weight is 205 g/mol. The van der Waals surface area contributed by atoms with Gasteiger partial charge in [-0.25, -0.2) is 0 Å². The quantitative estimate of drug-likeness (QED) is 0.514. The van der Waals surface area contributed by atoms with Crippen LogP contribution in [-0.4, -0.2) is 11.4 Å². The Bertz CT molecular complexity index is 385. The second kappa shape index (κ2) is 3.55. The molecule has 80 valence electrons. The van der Waals surface area contributed by atoms with Gasteiger partial charge in [0, 0.05) is 5.54 Å². The first-order valence-corrected chi connectivity index (χ1v) is 5.03. The van der Waals surface area contributed by atoms with Gasteiger partial charge < -0.3 is 10.7 Å². The van der Waals surface area contributed by atoms with Crippen LogP contribution in [0.4, 0.5) is 5.69 Å². The van der Waals surface area contributed by atoms with Gasteiger partial charge in [-0.15, -0.1) is 0 Å². The van der Waals surface area contributed by atoms with Gasteiger partial charge in [-0.2, -0.15) is 0 Å². The summed E-state index contributed by atoms with van der Waals surface area (Å²) in [5.41, 5.74) is 3.76. The first-order chi connectivity index (χ1) is 7.14. The molecule has 0 aliphatic heterocycles. The van der Waals surface area contributed by atoms with Crippen molar-refractivity contribution in [2.45, 2.75) is 25.3 Å². The summed E-state index contributed by atoms with van der Waals surface area (Å²) >= 11 is 0. The third-order valence-electron chi connectivity index (χ3n) is 2.74. The number of para-hydroxylation sites is 1. The topological polar surface area (TPSA) is 67.2 Å². The van der Waals surface area contributed by atoms with Gasteiger partial charge in [0.15, 0.2) is 0 Å². The Morgan fingerprint density at radius 3 is 2.67 bits per heavy atom. The van der Waals surface area contributed by atoms with E-state index in [1.54, 1.807) is 12.1 Å². The van der Waals surface area contributed by atoms with Crippen LogP contribution in [0.1, 0.15) is 30.1 Å². The van der Waals surface area contributed by atoms with Gasteiger partial charge in [0.2, 0.25) is 0 Å². The molecule has 0 heterocycles. The third-order valence-corrected chi connectivity index (χ3v) is 2.74. The molecule has 1 saturated carbocycles. The molecule has 1 aliphatic rings. The molecule has 0 spiro atoms. The van der Waals surface area contributed by atoms with E-state index in [2.05, 4.69) is 10.7 Å². The highest BCUT2D eigenvalue weighted by Gasteiger charge is 2.39. The van der Waals surface area contributed by atoms with Crippen molar-refractivity contribution in [1.82, 2.24) is 5.32 Å². The van der Waals surface area contributed by atoms with E-state index in [0.29, 0.717) is 11.3 Å². The van der Waals surface area contributed by atoms with Gasteiger partial charge in [-0.1, -0.05) is 12.1 Å². The van der Waals surface area contributed by atoms with Gasteiger partial charge in [-0.05, 0) is 31.9 Å². The Balaban J connectivity index is 2.17. The molecular formula is C11H15N3O. The van der Waals surface area contributed by atoms with Crippen LogP contribution >= 0.6 is 0 Å². The maximum absolute atomic E-state index is 11.9. The zero-order chi connectivity index (χ0) is 10.9. The van der Waals surface area contributed by atoms with Crippen molar-refractivity contribution in [2.75, 3.05) is 5.43 Å². The van der Waals surface area contributed by atoms with Gasteiger partial charge >= 0.3 is 0 Å². The molecular weight excluding hydrogens is 190 g/mol. The molecule has 0 atom stereocenters. The smallest absolute Gasteiger partial charge is 0.253 e. The second-order valence-corrected chi connectivity index (χ2v) is 4.20. The van der Waals surface area contributed by atoms with Crippen molar-refractivity contribution >= 4 is 11.6 Å². The monoisotopic (exact) mass is 205 g/mol. The SMILES string of the molecule is CC1(NC(=O)c2ccccc2NN)CC1. The lowest BCUT2D eigenvalue weighted by atomic mass is 10.1. The Morgan fingerprint density at radius 1 is 1.40 bits per heavy atom. The molecule has 1 aromatic carbocycles. The number of hydrazine groups is 1. The molecule has 1 aliphatic carbocycles. The lowest BCUT2D eigenvalue weighted by Gasteiger charge is -2.13. The van der Waals surface area contributed by atoms with Crippen LogP contribution in [-0.2, 0) is 0 Å². The van der Waals surface area contributed by atoms with Crippen LogP contribution in [0.25, 0.3) is 0 Å². The lowest BCUT2D eigenvalue weighted by Crippen LogP contribution is -2.34. The Kier molecular flexibility index (Phi) is 2.36. The summed E-state index contributed by atoms with van der Waals surface area (Å²) in [6, 6.07) is 7.20. The van der Waals surface area contributed by atoms with Crippen molar-refractivity contribution in [1.29, 1.82) is 0 Å². The van der Waals surface area contributed by atoms with Gasteiger partial charge in [0.1, 0.15) is 0 Å².